The van der Waals surface area contributed by atoms with E-state index in [-0.39, 0.29) is 12.0 Å². The molecule has 1 amide bonds. The molecule has 0 radical (unpaired) electrons. The monoisotopic (exact) mass is 238 g/mol. The van der Waals surface area contributed by atoms with Crippen molar-refractivity contribution in [1.29, 1.82) is 0 Å². The molecule has 1 aliphatic carbocycles. The first-order valence-electron chi connectivity index (χ1n) is 7.17. The molecule has 2 aliphatic rings. The Morgan fingerprint density at radius 3 is 2.59 bits per heavy atom. The van der Waals surface area contributed by atoms with Gasteiger partial charge in [0.05, 0.1) is 5.92 Å². The number of nitrogens with two attached hydrogens (primary N) is 1. The first-order chi connectivity index (χ1) is 8.11. The molecule has 0 aromatic rings. The van der Waals surface area contributed by atoms with Crippen LogP contribution in [0, 0.1) is 11.8 Å². The second-order valence-electron chi connectivity index (χ2n) is 5.97. The average Bonchev–Trinajstić information content (AvgIpc) is 2.32. The topological polar surface area (TPSA) is 46.3 Å². The van der Waals surface area contributed by atoms with Crippen LogP contribution in [0.5, 0.6) is 0 Å². The quantitative estimate of drug-likeness (QED) is 0.761. The van der Waals surface area contributed by atoms with Crippen LogP contribution in [0.3, 0.4) is 0 Å². The van der Waals surface area contributed by atoms with Gasteiger partial charge in [0.2, 0.25) is 5.91 Å². The third-order valence-corrected chi connectivity index (χ3v) is 4.70. The molecular weight excluding hydrogens is 212 g/mol. The number of carbonyl (C=O) groups is 1. The van der Waals surface area contributed by atoms with Crippen molar-refractivity contribution >= 4 is 5.91 Å². The highest BCUT2D eigenvalue weighted by Gasteiger charge is 2.36. The number of rotatable bonds is 1. The van der Waals surface area contributed by atoms with Gasteiger partial charge in [0.1, 0.15) is 0 Å². The Morgan fingerprint density at radius 1 is 1.12 bits per heavy atom. The molecule has 1 heterocycles. The van der Waals surface area contributed by atoms with Crippen LogP contribution in [0.15, 0.2) is 0 Å². The molecule has 17 heavy (non-hydrogen) atoms. The maximum Gasteiger partial charge on any atom is 0.227 e. The minimum atomic E-state index is 0.0744. The van der Waals surface area contributed by atoms with Crippen molar-refractivity contribution in [2.24, 2.45) is 17.6 Å². The lowest BCUT2D eigenvalue weighted by atomic mass is 9.77. The van der Waals surface area contributed by atoms with Gasteiger partial charge in [-0.15, -0.1) is 0 Å². The van der Waals surface area contributed by atoms with E-state index in [4.69, 9.17) is 5.73 Å². The SMILES string of the molecule is CC1CCCC(C(=O)N2CCCCC2C)C1N. The van der Waals surface area contributed by atoms with Gasteiger partial charge in [-0.25, -0.2) is 0 Å². The zero-order chi connectivity index (χ0) is 12.4. The fraction of sp³-hybridized carbons (Fsp3) is 0.929. The first-order valence-corrected chi connectivity index (χ1v) is 7.17. The summed E-state index contributed by atoms with van der Waals surface area (Å²) in [4.78, 5) is 14.7. The number of hydrogen-bond donors (Lipinski definition) is 1. The number of amides is 1. The van der Waals surface area contributed by atoms with Gasteiger partial charge in [0, 0.05) is 18.6 Å². The number of piperidine rings is 1. The summed E-state index contributed by atoms with van der Waals surface area (Å²) in [6, 6.07) is 0.492. The van der Waals surface area contributed by atoms with Crippen LogP contribution in [0.1, 0.15) is 52.4 Å². The normalized spacial score (nSPS) is 39.1. The van der Waals surface area contributed by atoms with Gasteiger partial charge in [-0.2, -0.15) is 0 Å². The van der Waals surface area contributed by atoms with Crippen molar-refractivity contribution in [3.8, 4) is 0 Å². The van der Waals surface area contributed by atoms with Crippen molar-refractivity contribution in [1.82, 2.24) is 4.90 Å². The molecule has 1 aliphatic heterocycles. The largest absolute Gasteiger partial charge is 0.340 e. The van der Waals surface area contributed by atoms with E-state index in [1.54, 1.807) is 0 Å². The van der Waals surface area contributed by atoms with Gasteiger partial charge in [-0.3, -0.25) is 4.79 Å². The Hall–Kier alpha value is -0.570. The smallest absolute Gasteiger partial charge is 0.227 e. The van der Waals surface area contributed by atoms with E-state index in [1.807, 2.05) is 0 Å². The fourth-order valence-electron chi connectivity index (χ4n) is 3.37. The summed E-state index contributed by atoms with van der Waals surface area (Å²) in [6.07, 6.45) is 6.91. The van der Waals surface area contributed by atoms with E-state index in [9.17, 15) is 4.79 Å². The fourth-order valence-corrected chi connectivity index (χ4v) is 3.37. The van der Waals surface area contributed by atoms with Crippen molar-refractivity contribution in [2.45, 2.75) is 64.5 Å². The second kappa shape index (κ2) is 5.38. The van der Waals surface area contributed by atoms with Gasteiger partial charge in [-0.1, -0.05) is 13.3 Å². The Morgan fingerprint density at radius 2 is 1.88 bits per heavy atom. The molecule has 3 heteroatoms. The molecule has 0 bridgehead atoms. The lowest BCUT2D eigenvalue weighted by molar-refractivity contribution is -0.141. The van der Waals surface area contributed by atoms with E-state index >= 15 is 0 Å². The van der Waals surface area contributed by atoms with Gasteiger partial charge >= 0.3 is 0 Å². The Labute approximate surface area is 105 Å². The maximum absolute atomic E-state index is 12.6. The Balaban J connectivity index is 2.02. The lowest BCUT2D eigenvalue weighted by Gasteiger charge is -2.40. The maximum atomic E-state index is 12.6. The number of carbonyl (C=O) groups excluding carboxylic acids is 1. The van der Waals surface area contributed by atoms with E-state index in [0.29, 0.717) is 17.9 Å². The van der Waals surface area contributed by atoms with Crippen LogP contribution >= 0.6 is 0 Å². The number of likely N-dealkylation sites (tertiary alicyclic amines) is 1. The summed E-state index contributed by atoms with van der Waals surface area (Å²) in [5, 5.41) is 0. The second-order valence-corrected chi connectivity index (χ2v) is 5.97. The summed E-state index contributed by atoms with van der Waals surface area (Å²) in [7, 11) is 0. The standard InChI is InChI=1S/C14H26N2O/c1-10-6-5-8-12(13(10)15)14(17)16-9-4-3-7-11(16)2/h10-13H,3-9,15H2,1-2H3. The summed E-state index contributed by atoms with van der Waals surface area (Å²) in [6.45, 7) is 5.30. The van der Waals surface area contributed by atoms with Crippen LogP contribution in [0.4, 0.5) is 0 Å². The molecule has 2 N–H and O–H groups in total. The van der Waals surface area contributed by atoms with Crippen molar-refractivity contribution in [3.05, 3.63) is 0 Å². The number of nitrogens with zero attached hydrogens (tertiary/aromatic N) is 1. The molecule has 4 unspecified atom stereocenters. The van der Waals surface area contributed by atoms with Crippen molar-refractivity contribution in [3.63, 3.8) is 0 Å². The zero-order valence-electron chi connectivity index (χ0n) is 11.2. The minimum absolute atomic E-state index is 0.0744. The molecule has 2 rings (SSSR count). The van der Waals surface area contributed by atoms with Crippen LogP contribution in [0.25, 0.3) is 0 Å². The van der Waals surface area contributed by atoms with Crippen LogP contribution in [0.2, 0.25) is 0 Å². The summed E-state index contributed by atoms with van der Waals surface area (Å²) >= 11 is 0. The third-order valence-electron chi connectivity index (χ3n) is 4.70. The Kier molecular flexibility index (Phi) is 4.08. The van der Waals surface area contributed by atoms with E-state index in [1.165, 1.54) is 12.8 Å². The highest BCUT2D eigenvalue weighted by molar-refractivity contribution is 5.80. The van der Waals surface area contributed by atoms with Gasteiger partial charge in [0.15, 0.2) is 0 Å². The average molecular weight is 238 g/mol. The van der Waals surface area contributed by atoms with Crippen LogP contribution in [-0.2, 0) is 4.79 Å². The van der Waals surface area contributed by atoms with Crippen LogP contribution in [-0.4, -0.2) is 29.4 Å². The van der Waals surface area contributed by atoms with Gasteiger partial charge in [-0.05, 0) is 44.9 Å². The molecule has 2 fully saturated rings. The molecular formula is C14H26N2O. The van der Waals surface area contributed by atoms with Crippen LogP contribution < -0.4 is 5.73 Å². The molecule has 1 saturated carbocycles. The molecule has 0 aromatic heterocycles. The molecule has 1 saturated heterocycles. The van der Waals surface area contributed by atoms with E-state index in [2.05, 4.69) is 18.7 Å². The zero-order valence-corrected chi connectivity index (χ0v) is 11.2. The first kappa shape index (κ1) is 12.9. The summed E-state index contributed by atoms with van der Waals surface area (Å²) in [5.74, 6) is 0.911. The highest BCUT2D eigenvalue weighted by Crippen LogP contribution is 2.30. The lowest BCUT2D eigenvalue weighted by Crippen LogP contribution is -2.52. The van der Waals surface area contributed by atoms with Gasteiger partial charge < -0.3 is 10.6 Å². The van der Waals surface area contributed by atoms with E-state index in [0.717, 1.165) is 32.2 Å². The molecule has 4 atom stereocenters. The van der Waals surface area contributed by atoms with E-state index < -0.39 is 0 Å². The van der Waals surface area contributed by atoms with Crippen molar-refractivity contribution in [2.75, 3.05) is 6.54 Å². The number of hydrogen-bond acceptors (Lipinski definition) is 2. The molecule has 3 nitrogen and oxygen atoms in total. The highest BCUT2D eigenvalue weighted by atomic mass is 16.2. The molecule has 0 aromatic carbocycles. The Bertz CT molecular complexity index is 279. The predicted octanol–water partition coefficient (Wildman–Crippen LogP) is 2.15. The third kappa shape index (κ3) is 2.65. The molecule has 98 valence electrons. The molecule has 0 spiro atoms. The van der Waals surface area contributed by atoms with Crippen molar-refractivity contribution < 1.29 is 4.79 Å². The summed E-state index contributed by atoms with van der Waals surface area (Å²) < 4.78 is 0. The van der Waals surface area contributed by atoms with Gasteiger partial charge in [0.25, 0.3) is 0 Å². The predicted molar refractivity (Wildman–Crippen MR) is 69.5 cm³/mol. The minimum Gasteiger partial charge on any atom is -0.340 e. The summed E-state index contributed by atoms with van der Waals surface area (Å²) in [5.41, 5.74) is 6.23.